The van der Waals surface area contributed by atoms with Gasteiger partial charge in [-0.2, -0.15) is 0 Å². The van der Waals surface area contributed by atoms with Crippen LogP contribution in [0.15, 0.2) is 48.6 Å². The summed E-state index contributed by atoms with van der Waals surface area (Å²) in [6.07, 6.45) is 4.07. The second kappa shape index (κ2) is 21.8. The van der Waals surface area contributed by atoms with Gasteiger partial charge < -0.3 is 45.9 Å². The van der Waals surface area contributed by atoms with E-state index in [0.29, 0.717) is 6.42 Å². The Hall–Kier alpha value is -1.90. The summed E-state index contributed by atoms with van der Waals surface area (Å²) < 4.78 is 5.34. The van der Waals surface area contributed by atoms with Crippen molar-refractivity contribution >= 4 is 12.1 Å². The second-order valence-electron chi connectivity index (χ2n) is 12.3. The van der Waals surface area contributed by atoms with E-state index >= 15 is 0 Å². The van der Waals surface area contributed by atoms with Gasteiger partial charge in [-0.1, -0.05) is 97.1 Å². The molecule has 0 aromatic heterocycles. The van der Waals surface area contributed by atoms with E-state index in [1.807, 2.05) is 46.8 Å². The molecule has 0 rings (SSSR count). The number of carbonyl (C=O) groups is 2. The number of carbonyl (C=O) groups excluding carboxylic acids is 2. The van der Waals surface area contributed by atoms with E-state index in [1.54, 1.807) is 25.2 Å². The number of ether oxygens (including phenoxy) is 1. The monoisotopic (exact) mass is 617 g/mol. The molecule has 0 aliphatic carbocycles. The normalized spacial score (nSPS) is 21.4. The molecule has 0 aliphatic rings. The van der Waals surface area contributed by atoms with Crippen molar-refractivity contribution in [1.29, 1.82) is 0 Å². The first-order valence-corrected chi connectivity index (χ1v) is 15.1. The van der Waals surface area contributed by atoms with Gasteiger partial charge in [-0.25, -0.2) is 4.79 Å². The minimum absolute atomic E-state index is 0. The van der Waals surface area contributed by atoms with Crippen molar-refractivity contribution in [1.82, 2.24) is 0 Å². The molecule has 10 nitrogen and oxygen atoms in total. The first-order chi connectivity index (χ1) is 19.8. The van der Waals surface area contributed by atoms with Crippen LogP contribution in [-0.2, 0) is 9.53 Å². The van der Waals surface area contributed by atoms with Crippen LogP contribution in [0.25, 0.3) is 0 Å². The molecule has 0 heterocycles. The molecule has 1 amide bonds. The zero-order valence-corrected chi connectivity index (χ0v) is 28.0. The summed E-state index contributed by atoms with van der Waals surface area (Å²) in [6, 6.07) is 0. The maximum absolute atomic E-state index is 11.5. The molecule has 0 radical (unpaired) electrons. The molecule has 0 fully saturated rings. The number of hydrogen-bond donors (Lipinski definition) is 6. The molecule has 0 bridgehead atoms. The van der Waals surface area contributed by atoms with E-state index in [9.17, 15) is 40.2 Å². The van der Waals surface area contributed by atoms with Gasteiger partial charge in [-0.3, -0.25) is 0 Å². The number of amides is 1. The summed E-state index contributed by atoms with van der Waals surface area (Å²) in [7, 11) is 0. The second-order valence-corrected chi connectivity index (χ2v) is 12.3. The molecular weight excluding hydrogens is 561 g/mol. The van der Waals surface area contributed by atoms with E-state index in [4.69, 9.17) is 10.5 Å². The molecule has 44 heavy (non-hydrogen) atoms. The molecular formula is C33H56LiNO9. The van der Waals surface area contributed by atoms with Crippen LogP contribution in [-0.4, -0.2) is 74.2 Å². The Balaban J connectivity index is 0. The predicted octanol–water partition coefficient (Wildman–Crippen LogP) is -0.514. The van der Waals surface area contributed by atoms with Crippen molar-refractivity contribution < 1.29 is 63.8 Å². The smallest absolute Gasteiger partial charge is 0.550 e. The summed E-state index contributed by atoms with van der Waals surface area (Å²) in [6.45, 7) is 17.6. The van der Waals surface area contributed by atoms with Crippen LogP contribution in [0.5, 0.6) is 0 Å². The van der Waals surface area contributed by atoms with Crippen LogP contribution in [0.4, 0.5) is 4.79 Å². The molecule has 0 aliphatic heterocycles. The number of carboxylic acids is 1. The molecule has 248 valence electrons. The van der Waals surface area contributed by atoms with Gasteiger partial charge in [0.1, 0.15) is 6.10 Å². The third-order valence-corrected chi connectivity index (χ3v) is 8.38. The summed E-state index contributed by atoms with van der Waals surface area (Å²) in [5, 5.41) is 63.8. The molecule has 11 heteroatoms. The predicted molar refractivity (Wildman–Crippen MR) is 165 cm³/mol. The number of aliphatic hydroxyl groups is 5. The number of aliphatic carboxylic acids is 1. The largest absolute Gasteiger partial charge is 1.00 e. The fourth-order valence-corrected chi connectivity index (χ4v) is 5.41. The quantitative estimate of drug-likeness (QED) is 0.0593. The summed E-state index contributed by atoms with van der Waals surface area (Å²) >= 11 is 0. The SMILES string of the molecule is C=C/C=C\[C@H](C)C(OC(N)=O)C(C)C(O)C(C)C/C(C)=C\[C@H](C)[C@@H](O)[C@@H](C)/C=C\[C@@H](O)C[C@H](O)C(C)C(O)C(C)C(=O)[O-].[Li+]. The van der Waals surface area contributed by atoms with Crippen LogP contribution in [0.2, 0.25) is 0 Å². The van der Waals surface area contributed by atoms with Crippen molar-refractivity contribution in [3.63, 3.8) is 0 Å². The van der Waals surface area contributed by atoms with Crippen molar-refractivity contribution in [3.8, 4) is 0 Å². The first kappa shape index (κ1) is 44.2. The van der Waals surface area contributed by atoms with E-state index in [2.05, 4.69) is 6.58 Å². The number of nitrogens with two attached hydrogens (primary N) is 1. The zero-order chi connectivity index (χ0) is 33.6. The Morgan fingerprint density at radius 1 is 0.841 bits per heavy atom. The van der Waals surface area contributed by atoms with Crippen LogP contribution in [0.3, 0.4) is 0 Å². The maximum atomic E-state index is 11.5. The van der Waals surface area contributed by atoms with Gasteiger partial charge >= 0.3 is 25.0 Å². The average Bonchev–Trinajstić information content (AvgIpc) is 2.94. The topological polar surface area (TPSA) is 194 Å². The van der Waals surface area contributed by atoms with Gasteiger partial charge in [0.2, 0.25) is 0 Å². The molecule has 0 aromatic rings. The van der Waals surface area contributed by atoms with E-state index in [-0.39, 0.29) is 49.0 Å². The number of primary amides is 1. The van der Waals surface area contributed by atoms with Crippen LogP contribution in [0, 0.1) is 41.4 Å². The van der Waals surface area contributed by atoms with Gasteiger partial charge in [0.25, 0.3) is 0 Å². The first-order valence-electron chi connectivity index (χ1n) is 15.1. The Bertz CT molecular complexity index is 956. The molecule has 13 atom stereocenters. The summed E-state index contributed by atoms with van der Waals surface area (Å²) in [4.78, 5) is 22.5. The van der Waals surface area contributed by atoms with Gasteiger partial charge in [0.05, 0.1) is 30.5 Å². The fourth-order valence-electron chi connectivity index (χ4n) is 5.41. The van der Waals surface area contributed by atoms with Crippen LogP contribution >= 0.6 is 0 Å². The van der Waals surface area contributed by atoms with E-state index < -0.39 is 66.4 Å². The third kappa shape index (κ3) is 15.4. The van der Waals surface area contributed by atoms with Crippen LogP contribution in [0.1, 0.15) is 68.2 Å². The molecule has 0 saturated carbocycles. The maximum Gasteiger partial charge on any atom is 1.00 e. The molecule has 0 saturated heterocycles. The Labute approximate surface area is 275 Å². The number of aliphatic hydroxyl groups excluding tert-OH is 5. The fraction of sp³-hybridized carbons (Fsp3) is 0.697. The van der Waals surface area contributed by atoms with Gasteiger partial charge in [0.15, 0.2) is 0 Å². The molecule has 7 N–H and O–H groups in total. The average molecular weight is 618 g/mol. The van der Waals surface area contributed by atoms with E-state index in [0.717, 1.165) is 5.57 Å². The number of allylic oxidation sites excluding steroid dienone is 3. The van der Waals surface area contributed by atoms with Gasteiger partial charge in [-0.15, -0.1) is 0 Å². The molecule has 7 unspecified atom stereocenters. The van der Waals surface area contributed by atoms with Gasteiger partial charge in [0, 0.05) is 47.9 Å². The Kier molecular flexibility index (Phi) is 21.9. The third-order valence-electron chi connectivity index (χ3n) is 8.38. The van der Waals surface area contributed by atoms with Crippen molar-refractivity contribution in [2.75, 3.05) is 0 Å². The zero-order valence-electron chi connectivity index (χ0n) is 28.0. The number of rotatable bonds is 20. The molecule has 0 spiro atoms. The van der Waals surface area contributed by atoms with Crippen LogP contribution < -0.4 is 29.7 Å². The Morgan fingerprint density at radius 2 is 1.41 bits per heavy atom. The van der Waals surface area contributed by atoms with Crippen molar-refractivity contribution in [3.05, 3.63) is 48.6 Å². The van der Waals surface area contributed by atoms with E-state index in [1.165, 1.54) is 19.9 Å². The molecule has 0 aromatic carbocycles. The van der Waals surface area contributed by atoms with Gasteiger partial charge in [-0.05, 0) is 19.3 Å². The standard InChI is InChI=1S/C33H57NO9.Li/c1-10-11-12-20(4)31(43-33(34)42)24(8)29(38)22(6)16-18(2)15-21(5)28(37)19(3)13-14-26(35)17-27(36)23(7)30(39)25(9)32(40)41;/h10-15,19-31,35-39H,1,16-17H2,2-9H3,(H2,34,42)(H,40,41);/q;+1/p-1/b12-11-,14-13-,18-15-;/t19-,20-,21-,22?,23?,24?,25?,26+,27-,28-,29?,30?,31?;/m0./s1. The Morgan fingerprint density at radius 3 is 1.91 bits per heavy atom. The van der Waals surface area contributed by atoms with Crippen molar-refractivity contribution in [2.24, 2.45) is 47.2 Å². The number of hydrogen-bond acceptors (Lipinski definition) is 9. The minimum atomic E-state index is -1.42. The summed E-state index contributed by atoms with van der Waals surface area (Å²) in [5.74, 6) is -4.75. The van der Waals surface area contributed by atoms with Crippen molar-refractivity contribution in [2.45, 2.75) is 105 Å². The minimum Gasteiger partial charge on any atom is -0.550 e. The number of carboxylic acid groups (broad SMARTS) is 1. The summed E-state index contributed by atoms with van der Waals surface area (Å²) in [5.41, 5.74) is 6.25.